The molecule has 5 nitrogen and oxygen atoms in total. The monoisotopic (exact) mass is 262 g/mol. The molecule has 0 amide bonds. The summed E-state index contributed by atoms with van der Waals surface area (Å²) in [4.78, 5) is 11.1. The summed E-state index contributed by atoms with van der Waals surface area (Å²) in [6.07, 6.45) is 0. The lowest BCUT2D eigenvalue weighted by molar-refractivity contribution is -0.140. The van der Waals surface area contributed by atoms with Crippen LogP contribution in [0.25, 0.3) is 0 Å². The summed E-state index contributed by atoms with van der Waals surface area (Å²) in [5.74, 6) is -0.271. The summed E-state index contributed by atoms with van der Waals surface area (Å²) >= 11 is 0. The van der Waals surface area contributed by atoms with Crippen molar-refractivity contribution in [1.82, 2.24) is 5.32 Å². The van der Waals surface area contributed by atoms with Gasteiger partial charge in [0.1, 0.15) is 11.8 Å². The van der Waals surface area contributed by atoms with Crippen LogP contribution in [0.3, 0.4) is 0 Å². The fourth-order valence-electron chi connectivity index (χ4n) is 1.81. The van der Waals surface area contributed by atoms with E-state index in [-0.39, 0.29) is 5.92 Å². The zero-order valence-corrected chi connectivity index (χ0v) is 11.3. The summed E-state index contributed by atoms with van der Waals surface area (Å²) in [7, 11) is 1.54. The lowest BCUT2D eigenvalue weighted by Crippen LogP contribution is -2.40. The van der Waals surface area contributed by atoms with E-state index >= 15 is 0 Å². The highest BCUT2D eigenvalue weighted by Crippen LogP contribution is 2.20. The molecule has 0 saturated heterocycles. The first-order valence-corrected chi connectivity index (χ1v) is 6.02. The van der Waals surface area contributed by atoms with Crippen LogP contribution in [-0.4, -0.2) is 24.2 Å². The van der Waals surface area contributed by atoms with Crippen molar-refractivity contribution in [2.45, 2.75) is 26.4 Å². The van der Waals surface area contributed by atoms with Crippen molar-refractivity contribution in [2.24, 2.45) is 5.92 Å². The van der Waals surface area contributed by atoms with E-state index in [0.29, 0.717) is 17.9 Å². The van der Waals surface area contributed by atoms with Crippen molar-refractivity contribution >= 4 is 5.97 Å². The summed E-state index contributed by atoms with van der Waals surface area (Å²) in [5, 5.41) is 20.9. The van der Waals surface area contributed by atoms with E-state index < -0.39 is 12.0 Å². The number of benzene rings is 1. The summed E-state index contributed by atoms with van der Waals surface area (Å²) < 4.78 is 5.20. The van der Waals surface area contributed by atoms with Crippen molar-refractivity contribution in [2.75, 3.05) is 7.11 Å². The van der Waals surface area contributed by atoms with Gasteiger partial charge in [-0.05, 0) is 24.1 Å². The molecule has 0 aliphatic rings. The number of rotatable bonds is 6. The topological polar surface area (TPSA) is 82.3 Å². The molecule has 0 aliphatic carbocycles. The van der Waals surface area contributed by atoms with E-state index in [1.807, 2.05) is 13.8 Å². The second kappa shape index (κ2) is 6.76. The molecule has 0 heterocycles. The number of hydrogen-bond donors (Lipinski definition) is 2. The van der Waals surface area contributed by atoms with Crippen LogP contribution in [0.2, 0.25) is 0 Å². The van der Waals surface area contributed by atoms with Gasteiger partial charge in [0.05, 0.1) is 18.7 Å². The highest BCUT2D eigenvalue weighted by molar-refractivity contribution is 5.73. The van der Waals surface area contributed by atoms with Crippen LogP contribution in [0.1, 0.15) is 25.0 Å². The molecule has 1 atom stereocenters. The minimum absolute atomic E-state index is 0.0253. The number of methoxy groups -OCH3 is 1. The number of carbonyl (C=O) groups is 1. The zero-order chi connectivity index (χ0) is 14.4. The molecule has 1 rings (SSSR count). The molecule has 0 fully saturated rings. The summed E-state index contributed by atoms with van der Waals surface area (Å²) in [5.41, 5.74) is 1.29. The predicted molar refractivity (Wildman–Crippen MR) is 70.8 cm³/mol. The van der Waals surface area contributed by atoms with E-state index in [1.54, 1.807) is 25.3 Å². The van der Waals surface area contributed by atoms with Crippen LogP contribution in [0.15, 0.2) is 18.2 Å². The van der Waals surface area contributed by atoms with Crippen LogP contribution < -0.4 is 10.1 Å². The van der Waals surface area contributed by atoms with Crippen molar-refractivity contribution in [1.29, 1.82) is 5.26 Å². The number of nitrogens with zero attached hydrogens (tertiary/aromatic N) is 1. The summed E-state index contributed by atoms with van der Waals surface area (Å²) in [6.45, 7) is 4.03. The second-order valence-electron chi connectivity index (χ2n) is 4.58. The Balaban J connectivity index is 2.86. The van der Waals surface area contributed by atoms with E-state index in [9.17, 15) is 4.79 Å². The van der Waals surface area contributed by atoms with Gasteiger partial charge < -0.3 is 9.84 Å². The Hall–Kier alpha value is -2.06. The number of nitriles is 1. The van der Waals surface area contributed by atoms with E-state index in [4.69, 9.17) is 15.1 Å². The molecule has 0 bridgehead atoms. The Morgan fingerprint density at radius 2 is 2.21 bits per heavy atom. The van der Waals surface area contributed by atoms with Crippen LogP contribution >= 0.6 is 0 Å². The third-order valence-corrected chi connectivity index (χ3v) is 2.85. The first kappa shape index (κ1) is 15.0. The molecule has 102 valence electrons. The first-order chi connectivity index (χ1) is 8.99. The van der Waals surface area contributed by atoms with Gasteiger partial charge in [0.15, 0.2) is 0 Å². The van der Waals surface area contributed by atoms with Crippen molar-refractivity contribution in [3.05, 3.63) is 29.3 Å². The number of carboxylic acids is 1. The van der Waals surface area contributed by atoms with Crippen molar-refractivity contribution in [3.8, 4) is 11.8 Å². The fourth-order valence-corrected chi connectivity index (χ4v) is 1.81. The Kier molecular flexibility index (Phi) is 5.34. The second-order valence-corrected chi connectivity index (χ2v) is 4.58. The van der Waals surface area contributed by atoms with Gasteiger partial charge in [0.2, 0.25) is 0 Å². The fraction of sp³-hybridized carbons (Fsp3) is 0.429. The molecule has 0 aliphatic heterocycles. The van der Waals surface area contributed by atoms with E-state index in [1.165, 1.54) is 0 Å². The Labute approximate surface area is 112 Å². The molecule has 0 spiro atoms. The zero-order valence-electron chi connectivity index (χ0n) is 11.3. The third kappa shape index (κ3) is 3.97. The number of ether oxygens (including phenoxy) is 1. The normalized spacial score (nSPS) is 11.9. The molecule has 1 aromatic rings. The number of nitrogens with one attached hydrogen (secondary N) is 1. The molecular weight excluding hydrogens is 244 g/mol. The SMILES string of the molecule is COc1ccc(C#N)cc1CNC(C(=O)O)C(C)C. The highest BCUT2D eigenvalue weighted by atomic mass is 16.5. The Bertz CT molecular complexity index is 492. The first-order valence-electron chi connectivity index (χ1n) is 6.02. The lowest BCUT2D eigenvalue weighted by Gasteiger charge is -2.18. The quantitative estimate of drug-likeness (QED) is 0.816. The molecule has 0 aromatic heterocycles. The molecule has 1 unspecified atom stereocenters. The van der Waals surface area contributed by atoms with Crippen LogP contribution in [0.5, 0.6) is 5.75 Å². The van der Waals surface area contributed by atoms with Crippen LogP contribution in [-0.2, 0) is 11.3 Å². The number of aliphatic carboxylic acids is 1. The number of carboxylic acid groups (broad SMARTS) is 1. The average Bonchev–Trinajstić information content (AvgIpc) is 2.37. The van der Waals surface area contributed by atoms with E-state index in [2.05, 4.69) is 11.4 Å². The minimum atomic E-state index is -0.884. The van der Waals surface area contributed by atoms with Gasteiger partial charge in [-0.15, -0.1) is 0 Å². The third-order valence-electron chi connectivity index (χ3n) is 2.85. The van der Waals surface area contributed by atoms with Gasteiger partial charge in [0, 0.05) is 12.1 Å². The molecule has 2 N–H and O–H groups in total. The maximum Gasteiger partial charge on any atom is 0.320 e. The van der Waals surface area contributed by atoms with Crippen LogP contribution in [0.4, 0.5) is 0 Å². The van der Waals surface area contributed by atoms with Gasteiger partial charge in [-0.3, -0.25) is 10.1 Å². The van der Waals surface area contributed by atoms with Crippen LogP contribution in [0, 0.1) is 17.2 Å². The van der Waals surface area contributed by atoms with Gasteiger partial charge in [-0.2, -0.15) is 5.26 Å². The largest absolute Gasteiger partial charge is 0.496 e. The van der Waals surface area contributed by atoms with Gasteiger partial charge in [-0.1, -0.05) is 13.8 Å². The maximum atomic E-state index is 11.1. The highest BCUT2D eigenvalue weighted by Gasteiger charge is 2.21. The van der Waals surface area contributed by atoms with Gasteiger partial charge in [-0.25, -0.2) is 0 Å². The Morgan fingerprint density at radius 3 is 2.68 bits per heavy atom. The molecule has 5 heteroatoms. The van der Waals surface area contributed by atoms with Crippen molar-refractivity contribution in [3.63, 3.8) is 0 Å². The smallest absolute Gasteiger partial charge is 0.320 e. The molecular formula is C14H18N2O3. The molecule has 19 heavy (non-hydrogen) atoms. The van der Waals surface area contributed by atoms with Gasteiger partial charge >= 0.3 is 5.97 Å². The summed E-state index contributed by atoms with van der Waals surface area (Å²) in [6, 6.07) is 6.50. The predicted octanol–water partition coefficient (Wildman–Crippen LogP) is 1.77. The van der Waals surface area contributed by atoms with Gasteiger partial charge in [0.25, 0.3) is 0 Å². The average molecular weight is 262 g/mol. The lowest BCUT2D eigenvalue weighted by atomic mass is 10.0. The standard InChI is InChI=1S/C14H18N2O3/c1-9(2)13(14(17)18)16-8-11-6-10(7-15)4-5-12(11)19-3/h4-6,9,13,16H,8H2,1-3H3,(H,17,18). The molecule has 1 aromatic carbocycles. The Morgan fingerprint density at radius 1 is 1.53 bits per heavy atom. The number of hydrogen-bond acceptors (Lipinski definition) is 4. The molecule has 0 saturated carbocycles. The van der Waals surface area contributed by atoms with E-state index in [0.717, 1.165) is 5.56 Å². The molecule has 0 radical (unpaired) electrons. The van der Waals surface area contributed by atoms with Crippen molar-refractivity contribution < 1.29 is 14.6 Å². The minimum Gasteiger partial charge on any atom is -0.496 e. The maximum absolute atomic E-state index is 11.1.